The highest BCUT2D eigenvalue weighted by Crippen LogP contribution is 2.36. The predicted octanol–water partition coefficient (Wildman–Crippen LogP) is 5.70. The number of aliphatic hydroxyl groups excluding tert-OH is 2. The molecular weight excluding hydrogens is 715 g/mol. The quantitative estimate of drug-likeness (QED) is 0.0656. The van der Waals surface area contributed by atoms with Crippen LogP contribution in [0.4, 0.5) is 0 Å². The van der Waals surface area contributed by atoms with Crippen LogP contribution >= 0.6 is 23.2 Å². The number of rotatable bonds is 17. The lowest BCUT2D eigenvalue weighted by atomic mass is 9.92. The van der Waals surface area contributed by atoms with Crippen molar-refractivity contribution in [2.24, 2.45) is 0 Å². The summed E-state index contributed by atoms with van der Waals surface area (Å²) >= 11 is 12.9. The first-order valence-electron chi connectivity index (χ1n) is 16.2. The number of carboxylic acid groups (broad SMARTS) is 2. The van der Waals surface area contributed by atoms with E-state index >= 15 is 0 Å². The fourth-order valence-corrected chi connectivity index (χ4v) is 5.71. The third-order valence-corrected chi connectivity index (χ3v) is 9.72. The van der Waals surface area contributed by atoms with Gasteiger partial charge in [0.15, 0.2) is 0 Å². The first-order valence-corrected chi connectivity index (χ1v) is 16.9. The molecule has 0 heterocycles. The Balaban J connectivity index is 1.47. The third kappa shape index (κ3) is 9.08. The lowest BCUT2D eigenvalue weighted by Gasteiger charge is -2.24. The minimum atomic E-state index is -1.60. The van der Waals surface area contributed by atoms with Gasteiger partial charge < -0.3 is 40.1 Å². The largest absolute Gasteiger partial charge is 0.507 e. The number of phenols is 2. The first kappa shape index (κ1) is 40.2. The van der Waals surface area contributed by atoms with E-state index in [0.717, 1.165) is 33.4 Å². The van der Waals surface area contributed by atoms with Gasteiger partial charge in [0.05, 0.1) is 23.3 Å². The summed E-state index contributed by atoms with van der Waals surface area (Å²) in [6, 6.07) is 17.4. The fourth-order valence-electron chi connectivity index (χ4n) is 5.23. The van der Waals surface area contributed by atoms with Crippen LogP contribution in [0, 0.1) is 13.8 Å². The molecule has 0 spiro atoms. The molecule has 0 amide bonds. The summed E-state index contributed by atoms with van der Waals surface area (Å²) in [5.41, 5.74) is 3.07. The second-order valence-corrected chi connectivity index (χ2v) is 13.7. The molecule has 0 aliphatic carbocycles. The van der Waals surface area contributed by atoms with E-state index in [-0.39, 0.29) is 59.3 Å². The van der Waals surface area contributed by atoms with E-state index in [0.29, 0.717) is 11.1 Å². The highest BCUT2D eigenvalue weighted by Gasteiger charge is 2.33. The molecule has 0 aromatic heterocycles. The molecule has 278 valence electrons. The van der Waals surface area contributed by atoms with Gasteiger partial charge in [-0.05, 0) is 73.2 Å². The van der Waals surface area contributed by atoms with Crippen LogP contribution in [0.25, 0.3) is 11.1 Å². The molecule has 0 saturated heterocycles. The van der Waals surface area contributed by atoms with Crippen LogP contribution in [0.15, 0.2) is 60.7 Å². The number of phenolic OH excluding ortho intramolecular Hbond substituents is 2. The number of nitrogens with one attached hydrogen (secondary N) is 2. The summed E-state index contributed by atoms with van der Waals surface area (Å²) in [6.07, 6.45) is 0. The maximum Gasteiger partial charge on any atom is 0.326 e. The van der Waals surface area contributed by atoms with Crippen molar-refractivity contribution in [3.63, 3.8) is 0 Å². The second-order valence-electron chi connectivity index (χ2n) is 12.9. The average molecular weight is 758 g/mol. The number of carbonyl (C=O) groups is 2. The van der Waals surface area contributed by atoms with Crippen LogP contribution < -0.4 is 20.1 Å². The molecule has 12 nitrogen and oxygen atoms in total. The monoisotopic (exact) mass is 756 g/mol. The van der Waals surface area contributed by atoms with Crippen LogP contribution in [-0.4, -0.2) is 66.9 Å². The van der Waals surface area contributed by atoms with Crippen molar-refractivity contribution in [3.05, 3.63) is 104 Å². The van der Waals surface area contributed by atoms with Crippen LogP contribution in [0.3, 0.4) is 0 Å². The number of aliphatic carboxylic acids is 2. The molecule has 0 aliphatic heterocycles. The Morgan fingerprint density at radius 3 is 1.35 bits per heavy atom. The van der Waals surface area contributed by atoms with Crippen molar-refractivity contribution in [2.45, 2.75) is 65.1 Å². The molecule has 4 aromatic rings. The molecule has 14 heteroatoms. The van der Waals surface area contributed by atoms with Crippen LogP contribution in [0.1, 0.15) is 47.2 Å². The molecular formula is C38H42Cl2N2O10. The molecule has 0 fully saturated rings. The van der Waals surface area contributed by atoms with Crippen molar-refractivity contribution in [1.82, 2.24) is 10.6 Å². The van der Waals surface area contributed by atoms with Gasteiger partial charge in [-0.2, -0.15) is 0 Å². The van der Waals surface area contributed by atoms with E-state index in [1.165, 1.54) is 38.1 Å². The zero-order valence-corrected chi connectivity index (χ0v) is 30.6. The Bertz CT molecular complexity index is 1820. The molecule has 0 saturated carbocycles. The van der Waals surface area contributed by atoms with Gasteiger partial charge in [-0.1, -0.05) is 59.6 Å². The first-order chi connectivity index (χ1) is 24.5. The topological polar surface area (TPSA) is 198 Å². The Labute approximate surface area is 311 Å². The van der Waals surface area contributed by atoms with Crippen LogP contribution in [-0.2, 0) is 35.9 Å². The minimum Gasteiger partial charge on any atom is -0.507 e. The van der Waals surface area contributed by atoms with Crippen molar-refractivity contribution in [2.75, 3.05) is 13.2 Å². The van der Waals surface area contributed by atoms with Crippen LogP contribution in [0.2, 0.25) is 10.0 Å². The Morgan fingerprint density at radius 1 is 0.654 bits per heavy atom. The van der Waals surface area contributed by atoms with E-state index < -0.39 is 36.2 Å². The lowest BCUT2D eigenvalue weighted by molar-refractivity contribution is -0.146. The van der Waals surface area contributed by atoms with Gasteiger partial charge in [-0.3, -0.25) is 20.2 Å². The molecule has 4 rings (SSSR count). The second kappa shape index (κ2) is 16.8. The SMILES string of the molecule is Cc1c(COc2cc(O)c(CN[C@@](C)(CO)C(=O)O)cc2Cl)cccc1-c1cccc(COc2cc(O)c(CN[C@@](C)(CO)C(=O)O)cc2Cl)c1C. The van der Waals surface area contributed by atoms with E-state index in [9.17, 15) is 40.2 Å². The van der Waals surface area contributed by atoms with E-state index in [1.807, 2.05) is 50.2 Å². The van der Waals surface area contributed by atoms with Gasteiger partial charge in [0.1, 0.15) is 47.3 Å². The fraction of sp³-hybridized carbons (Fsp3) is 0.316. The number of aromatic hydroxyl groups is 2. The number of carboxylic acids is 2. The van der Waals surface area contributed by atoms with Gasteiger partial charge in [0, 0.05) is 36.3 Å². The Morgan fingerprint density at radius 2 is 1.02 bits per heavy atom. The normalized spacial score (nSPS) is 13.6. The summed E-state index contributed by atoms with van der Waals surface area (Å²) in [6.45, 7) is 5.50. The standard InChI is InChI=1S/C38H42Cl2N2O10/c1-21-23(17-51-33-13-31(45)25(11-29(33)39)15-41-37(3,19-43)35(47)48)7-5-9-27(21)28-10-6-8-24(22(28)2)18-52-34-14-32(46)26(12-30(34)40)16-42-38(4,20-44)36(49)50/h5-14,41-46H,15-20H2,1-4H3,(H,47,48)(H,49,50)/t37-,38-/m0/s1. The smallest absolute Gasteiger partial charge is 0.326 e. The number of hydrogen-bond acceptors (Lipinski definition) is 10. The summed E-state index contributed by atoms with van der Waals surface area (Å²) in [7, 11) is 0. The molecule has 52 heavy (non-hydrogen) atoms. The van der Waals surface area contributed by atoms with Gasteiger partial charge in [0.2, 0.25) is 0 Å². The Kier molecular flexibility index (Phi) is 13.0. The summed E-state index contributed by atoms with van der Waals surface area (Å²) in [5.74, 6) is -2.29. The Hall–Kier alpha value is -4.56. The maximum atomic E-state index is 11.5. The van der Waals surface area contributed by atoms with Gasteiger partial charge in [-0.15, -0.1) is 0 Å². The molecule has 2 atom stereocenters. The van der Waals surface area contributed by atoms with Gasteiger partial charge in [-0.25, -0.2) is 0 Å². The lowest BCUT2D eigenvalue weighted by Crippen LogP contribution is -2.52. The molecule has 0 bridgehead atoms. The third-order valence-electron chi connectivity index (χ3n) is 9.13. The van der Waals surface area contributed by atoms with Crippen molar-refractivity contribution < 1.29 is 49.7 Å². The summed E-state index contributed by atoms with van der Waals surface area (Å²) in [4.78, 5) is 23.0. The minimum absolute atomic E-state index is 0.0544. The number of aliphatic hydroxyl groups is 2. The highest BCUT2D eigenvalue weighted by atomic mass is 35.5. The molecule has 0 radical (unpaired) electrons. The predicted molar refractivity (Wildman–Crippen MR) is 196 cm³/mol. The molecule has 0 aliphatic rings. The molecule has 8 N–H and O–H groups in total. The van der Waals surface area contributed by atoms with E-state index in [1.54, 1.807) is 0 Å². The van der Waals surface area contributed by atoms with Crippen molar-refractivity contribution >= 4 is 35.1 Å². The molecule has 0 unspecified atom stereocenters. The number of benzene rings is 4. The van der Waals surface area contributed by atoms with E-state index in [2.05, 4.69) is 10.6 Å². The zero-order chi connectivity index (χ0) is 38.4. The average Bonchev–Trinajstić information content (AvgIpc) is 3.11. The zero-order valence-electron chi connectivity index (χ0n) is 29.1. The number of hydrogen-bond donors (Lipinski definition) is 8. The van der Waals surface area contributed by atoms with Crippen LogP contribution in [0.5, 0.6) is 23.0 Å². The van der Waals surface area contributed by atoms with E-state index in [4.69, 9.17) is 32.7 Å². The summed E-state index contributed by atoms with van der Waals surface area (Å²) < 4.78 is 12.0. The van der Waals surface area contributed by atoms with Gasteiger partial charge in [0.25, 0.3) is 0 Å². The number of ether oxygens (including phenoxy) is 2. The van der Waals surface area contributed by atoms with Crippen molar-refractivity contribution in [1.29, 1.82) is 0 Å². The highest BCUT2D eigenvalue weighted by molar-refractivity contribution is 6.32. The maximum absolute atomic E-state index is 11.5. The number of halogens is 2. The van der Waals surface area contributed by atoms with Gasteiger partial charge >= 0.3 is 11.9 Å². The van der Waals surface area contributed by atoms with Crippen molar-refractivity contribution in [3.8, 4) is 34.1 Å². The molecule has 4 aromatic carbocycles. The summed E-state index contributed by atoms with van der Waals surface area (Å²) in [5, 5.41) is 64.8.